The molecule has 0 aliphatic rings. The molecule has 3 N–H and O–H groups in total. The van der Waals surface area contributed by atoms with Gasteiger partial charge in [-0.25, -0.2) is 0 Å². The SMILES string of the molecule is CN(CCc1ccccn1)CC(O)c1cccc(N)c1. The van der Waals surface area contributed by atoms with E-state index in [1.807, 2.05) is 49.5 Å². The van der Waals surface area contributed by atoms with E-state index in [1.165, 1.54) is 0 Å². The standard InChI is InChI=1S/C16H21N3O/c1-19(10-8-15-7-2-3-9-18-15)12-16(20)13-5-4-6-14(17)11-13/h2-7,9,11,16,20H,8,10,12,17H2,1H3. The first kappa shape index (κ1) is 14.5. The second kappa shape index (κ2) is 7.03. The number of likely N-dealkylation sites (N-methyl/N-ethyl adjacent to an activating group) is 1. The minimum absolute atomic E-state index is 0.521. The van der Waals surface area contributed by atoms with E-state index in [0.29, 0.717) is 12.2 Å². The Hall–Kier alpha value is -1.91. The van der Waals surface area contributed by atoms with Gasteiger partial charge in [-0.3, -0.25) is 4.98 Å². The smallest absolute Gasteiger partial charge is 0.0917 e. The molecule has 0 bridgehead atoms. The number of aromatic nitrogens is 1. The molecule has 4 nitrogen and oxygen atoms in total. The van der Waals surface area contributed by atoms with E-state index >= 15 is 0 Å². The topological polar surface area (TPSA) is 62.4 Å². The summed E-state index contributed by atoms with van der Waals surface area (Å²) >= 11 is 0. The average molecular weight is 271 g/mol. The fraction of sp³-hybridized carbons (Fsp3) is 0.312. The first-order valence-electron chi connectivity index (χ1n) is 6.77. The minimum atomic E-state index is -0.521. The Labute approximate surface area is 119 Å². The molecule has 20 heavy (non-hydrogen) atoms. The lowest BCUT2D eigenvalue weighted by atomic mass is 10.1. The normalized spacial score (nSPS) is 12.6. The van der Waals surface area contributed by atoms with Crippen LogP contribution in [0.15, 0.2) is 48.7 Å². The summed E-state index contributed by atoms with van der Waals surface area (Å²) in [6.07, 6.45) is 2.16. The molecule has 1 atom stereocenters. The van der Waals surface area contributed by atoms with Gasteiger partial charge in [0.25, 0.3) is 0 Å². The van der Waals surface area contributed by atoms with Crippen LogP contribution in [0.25, 0.3) is 0 Å². The molecule has 0 saturated carbocycles. The number of hydrogen-bond acceptors (Lipinski definition) is 4. The fourth-order valence-corrected chi connectivity index (χ4v) is 2.11. The van der Waals surface area contributed by atoms with Gasteiger partial charge >= 0.3 is 0 Å². The second-order valence-electron chi connectivity index (χ2n) is 5.02. The molecule has 0 amide bonds. The maximum absolute atomic E-state index is 10.2. The molecule has 1 aromatic heterocycles. The number of benzene rings is 1. The van der Waals surface area contributed by atoms with Crippen molar-refractivity contribution in [2.24, 2.45) is 0 Å². The molecule has 1 aromatic carbocycles. The summed E-state index contributed by atoms with van der Waals surface area (Å²) in [5.74, 6) is 0. The number of aliphatic hydroxyl groups excluding tert-OH is 1. The third kappa shape index (κ3) is 4.33. The van der Waals surface area contributed by atoms with Crippen LogP contribution >= 0.6 is 0 Å². The van der Waals surface area contributed by atoms with E-state index in [-0.39, 0.29) is 0 Å². The number of pyridine rings is 1. The largest absolute Gasteiger partial charge is 0.399 e. The molecule has 0 radical (unpaired) electrons. The Kier molecular flexibility index (Phi) is 5.09. The molecule has 2 rings (SSSR count). The molecule has 106 valence electrons. The van der Waals surface area contributed by atoms with Crippen LogP contribution in [0.1, 0.15) is 17.4 Å². The maximum atomic E-state index is 10.2. The summed E-state index contributed by atoms with van der Waals surface area (Å²) in [6.45, 7) is 1.44. The summed E-state index contributed by atoms with van der Waals surface area (Å²) < 4.78 is 0. The van der Waals surface area contributed by atoms with E-state index in [2.05, 4.69) is 9.88 Å². The second-order valence-corrected chi connectivity index (χ2v) is 5.02. The lowest BCUT2D eigenvalue weighted by molar-refractivity contribution is 0.127. The van der Waals surface area contributed by atoms with E-state index in [9.17, 15) is 5.11 Å². The Balaban J connectivity index is 1.83. The summed E-state index contributed by atoms with van der Waals surface area (Å²) in [7, 11) is 2.00. The van der Waals surface area contributed by atoms with Gasteiger partial charge in [0.15, 0.2) is 0 Å². The van der Waals surface area contributed by atoms with Crippen LogP contribution in [0.2, 0.25) is 0 Å². The van der Waals surface area contributed by atoms with E-state index in [4.69, 9.17) is 5.73 Å². The summed E-state index contributed by atoms with van der Waals surface area (Å²) in [6, 6.07) is 13.3. The Bertz CT molecular complexity index is 530. The molecule has 0 spiro atoms. The molecule has 0 aliphatic carbocycles. The summed E-state index contributed by atoms with van der Waals surface area (Å²) in [5, 5.41) is 10.2. The van der Waals surface area contributed by atoms with Crippen LogP contribution in [-0.2, 0) is 6.42 Å². The molecule has 1 unspecified atom stereocenters. The lowest BCUT2D eigenvalue weighted by Gasteiger charge is -2.20. The number of nitrogens with two attached hydrogens (primary N) is 1. The number of rotatable bonds is 6. The quantitative estimate of drug-likeness (QED) is 0.787. The van der Waals surface area contributed by atoms with Crippen molar-refractivity contribution < 1.29 is 5.11 Å². The highest BCUT2D eigenvalue weighted by Gasteiger charge is 2.11. The first-order valence-corrected chi connectivity index (χ1v) is 6.77. The summed E-state index contributed by atoms with van der Waals surface area (Å²) in [5.41, 5.74) is 8.33. The predicted molar refractivity (Wildman–Crippen MR) is 81.3 cm³/mol. The van der Waals surface area contributed by atoms with Gasteiger partial charge in [-0.1, -0.05) is 18.2 Å². The zero-order valence-corrected chi connectivity index (χ0v) is 11.7. The fourth-order valence-electron chi connectivity index (χ4n) is 2.11. The van der Waals surface area contributed by atoms with Crippen LogP contribution in [0.5, 0.6) is 0 Å². The van der Waals surface area contributed by atoms with Crippen molar-refractivity contribution in [1.82, 2.24) is 9.88 Å². The Morgan fingerprint density at radius 3 is 2.80 bits per heavy atom. The van der Waals surface area contributed by atoms with Crippen LogP contribution in [0.4, 0.5) is 5.69 Å². The van der Waals surface area contributed by atoms with Crippen molar-refractivity contribution in [2.75, 3.05) is 25.9 Å². The molecular formula is C16H21N3O. The Morgan fingerprint density at radius 2 is 2.10 bits per heavy atom. The minimum Gasteiger partial charge on any atom is -0.399 e. The van der Waals surface area contributed by atoms with Crippen LogP contribution in [-0.4, -0.2) is 35.1 Å². The number of aliphatic hydroxyl groups is 1. The average Bonchev–Trinajstić information content (AvgIpc) is 2.46. The van der Waals surface area contributed by atoms with Gasteiger partial charge in [-0.2, -0.15) is 0 Å². The molecule has 1 heterocycles. The van der Waals surface area contributed by atoms with Crippen LogP contribution < -0.4 is 5.73 Å². The van der Waals surface area contributed by atoms with Gasteiger partial charge in [0.05, 0.1) is 6.10 Å². The number of nitrogen functional groups attached to an aromatic ring is 1. The van der Waals surface area contributed by atoms with Crippen LogP contribution in [0.3, 0.4) is 0 Å². The van der Waals surface area contributed by atoms with Gasteiger partial charge in [-0.15, -0.1) is 0 Å². The highest BCUT2D eigenvalue weighted by atomic mass is 16.3. The molecule has 0 saturated heterocycles. The molecule has 0 aliphatic heterocycles. The lowest BCUT2D eigenvalue weighted by Crippen LogP contribution is -2.27. The molecule has 2 aromatic rings. The third-order valence-electron chi connectivity index (χ3n) is 3.26. The van der Waals surface area contributed by atoms with Gasteiger partial charge in [0, 0.05) is 37.1 Å². The maximum Gasteiger partial charge on any atom is 0.0917 e. The zero-order chi connectivity index (χ0) is 14.4. The van der Waals surface area contributed by atoms with Gasteiger partial charge < -0.3 is 15.7 Å². The van der Waals surface area contributed by atoms with Crippen LogP contribution in [0, 0.1) is 0 Å². The summed E-state index contributed by atoms with van der Waals surface area (Å²) in [4.78, 5) is 6.39. The van der Waals surface area contributed by atoms with E-state index in [1.54, 1.807) is 6.20 Å². The first-order chi connectivity index (χ1) is 9.65. The number of anilines is 1. The van der Waals surface area contributed by atoms with Gasteiger partial charge in [0.1, 0.15) is 0 Å². The van der Waals surface area contributed by atoms with Crippen molar-refractivity contribution in [1.29, 1.82) is 0 Å². The highest BCUT2D eigenvalue weighted by Crippen LogP contribution is 2.16. The van der Waals surface area contributed by atoms with Gasteiger partial charge in [0.2, 0.25) is 0 Å². The van der Waals surface area contributed by atoms with Crippen molar-refractivity contribution in [2.45, 2.75) is 12.5 Å². The van der Waals surface area contributed by atoms with Gasteiger partial charge in [-0.05, 0) is 36.9 Å². The molecule has 4 heteroatoms. The predicted octanol–water partition coefficient (Wildman–Crippen LogP) is 1.87. The molecular weight excluding hydrogens is 250 g/mol. The van der Waals surface area contributed by atoms with Crippen molar-refractivity contribution in [3.63, 3.8) is 0 Å². The Morgan fingerprint density at radius 1 is 1.25 bits per heavy atom. The van der Waals surface area contributed by atoms with E-state index in [0.717, 1.165) is 24.2 Å². The number of hydrogen-bond donors (Lipinski definition) is 2. The monoisotopic (exact) mass is 271 g/mol. The van der Waals surface area contributed by atoms with Crippen molar-refractivity contribution >= 4 is 5.69 Å². The van der Waals surface area contributed by atoms with E-state index < -0.39 is 6.10 Å². The van der Waals surface area contributed by atoms with Crippen molar-refractivity contribution in [3.05, 3.63) is 59.9 Å². The highest BCUT2D eigenvalue weighted by molar-refractivity contribution is 5.41. The van der Waals surface area contributed by atoms with Crippen molar-refractivity contribution in [3.8, 4) is 0 Å². The number of nitrogens with zero attached hydrogens (tertiary/aromatic N) is 2. The third-order valence-corrected chi connectivity index (χ3v) is 3.26. The zero-order valence-electron chi connectivity index (χ0n) is 11.7. The molecule has 0 fully saturated rings.